The minimum Gasteiger partial charge on any atom is -0.453 e. The van der Waals surface area contributed by atoms with Crippen molar-refractivity contribution in [1.82, 2.24) is 23.9 Å². The standard InChI is InChI=1S/C32H52FN5O5S/c1-25(2)23-38(31(39)24-35-18-20-36(21-19-35)32(40)43-3)29-10-13-34(14-11-29)15-12-30(27-6-5-7-28(33)22-27)26-8-16-37(17-9-26)44(4,41)42/h5-7,22,25-26,29-30H,8-21,23-24H2,1-4H3. The molecule has 1 atom stereocenters. The maximum absolute atomic E-state index is 14.2. The first-order valence-electron chi connectivity index (χ1n) is 16.2. The minimum atomic E-state index is -3.20. The fourth-order valence-corrected chi connectivity index (χ4v) is 8.02. The number of sulfonamides is 1. The number of methoxy groups -OCH3 is 1. The molecule has 3 aliphatic rings. The van der Waals surface area contributed by atoms with E-state index in [0.29, 0.717) is 57.6 Å². The Morgan fingerprint density at radius 1 is 0.977 bits per heavy atom. The predicted octanol–water partition coefficient (Wildman–Crippen LogP) is 3.30. The van der Waals surface area contributed by atoms with Crippen LogP contribution in [0.3, 0.4) is 0 Å². The Morgan fingerprint density at radius 3 is 2.20 bits per heavy atom. The second-order valence-corrected chi connectivity index (χ2v) is 15.2. The quantitative estimate of drug-likeness (QED) is 0.368. The molecule has 0 aliphatic carbocycles. The van der Waals surface area contributed by atoms with Crippen molar-refractivity contribution in [3.8, 4) is 0 Å². The van der Waals surface area contributed by atoms with Gasteiger partial charge in [-0.1, -0.05) is 26.0 Å². The lowest BCUT2D eigenvalue weighted by molar-refractivity contribution is -0.136. The number of carbonyl (C=O) groups excluding carboxylic acids is 2. The van der Waals surface area contributed by atoms with Gasteiger partial charge in [0.1, 0.15) is 5.82 Å². The van der Waals surface area contributed by atoms with E-state index in [9.17, 15) is 22.4 Å². The van der Waals surface area contributed by atoms with Crippen LogP contribution in [0.5, 0.6) is 0 Å². The molecule has 3 heterocycles. The molecule has 3 fully saturated rings. The lowest BCUT2D eigenvalue weighted by atomic mass is 9.78. The second-order valence-electron chi connectivity index (χ2n) is 13.2. The zero-order valence-electron chi connectivity index (χ0n) is 27.0. The molecule has 0 N–H and O–H groups in total. The zero-order chi connectivity index (χ0) is 31.9. The van der Waals surface area contributed by atoms with Crippen LogP contribution >= 0.6 is 0 Å². The predicted molar refractivity (Wildman–Crippen MR) is 169 cm³/mol. The van der Waals surface area contributed by atoms with Crippen LogP contribution in [0.15, 0.2) is 24.3 Å². The van der Waals surface area contributed by atoms with E-state index in [1.807, 2.05) is 6.07 Å². The highest BCUT2D eigenvalue weighted by Gasteiger charge is 2.33. The summed E-state index contributed by atoms with van der Waals surface area (Å²) in [6.07, 6.45) is 5.25. The second kappa shape index (κ2) is 15.8. The molecule has 248 valence electrons. The molecule has 3 aliphatic heterocycles. The molecule has 1 aromatic rings. The number of hydrogen-bond acceptors (Lipinski definition) is 7. The summed E-state index contributed by atoms with van der Waals surface area (Å²) in [5, 5.41) is 0. The number of nitrogens with zero attached hydrogens (tertiary/aromatic N) is 5. The summed E-state index contributed by atoms with van der Waals surface area (Å²) in [6, 6.07) is 7.10. The molecular formula is C32H52FN5O5S. The van der Waals surface area contributed by atoms with E-state index in [2.05, 4.69) is 28.5 Å². The number of halogens is 1. The molecule has 1 unspecified atom stereocenters. The highest BCUT2D eigenvalue weighted by atomic mass is 32.2. The highest BCUT2D eigenvalue weighted by Crippen LogP contribution is 2.36. The number of benzene rings is 1. The van der Waals surface area contributed by atoms with Crippen molar-refractivity contribution in [3.05, 3.63) is 35.6 Å². The Bertz CT molecular complexity index is 1190. The Balaban J connectivity index is 1.31. The van der Waals surface area contributed by atoms with Crippen molar-refractivity contribution in [1.29, 1.82) is 0 Å². The summed E-state index contributed by atoms with van der Waals surface area (Å²) in [5.41, 5.74) is 0.999. The zero-order valence-corrected chi connectivity index (χ0v) is 27.8. The fourth-order valence-electron chi connectivity index (χ4n) is 7.15. The van der Waals surface area contributed by atoms with E-state index in [1.165, 1.54) is 19.4 Å². The molecule has 44 heavy (non-hydrogen) atoms. The maximum Gasteiger partial charge on any atom is 0.409 e. The molecule has 0 spiro atoms. The number of amides is 2. The summed E-state index contributed by atoms with van der Waals surface area (Å²) in [6.45, 7) is 11.6. The lowest BCUT2D eigenvalue weighted by Crippen LogP contribution is -2.54. The third-order valence-corrected chi connectivity index (χ3v) is 10.9. The first-order chi connectivity index (χ1) is 20.9. The van der Waals surface area contributed by atoms with Gasteiger partial charge in [-0.05, 0) is 74.1 Å². The van der Waals surface area contributed by atoms with Gasteiger partial charge in [0.15, 0.2) is 0 Å². The summed E-state index contributed by atoms with van der Waals surface area (Å²) in [4.78, 5) is 33.8. The molecule has 3 saturated heterocycles. The third-order valence-electron chi connectivity index (χ3n) is 9.61. The van der Waals surface area contributed by atoms with Crippen LogP contribution < -0.4 is 0 Å². The number of likely N-dealkylation sites (tertiary alicyclic amines) is 1. The van der Waals surface area contributed by atoms with Gasteiger partial charge in [0, 0.05) is 64.9 Å². The van der Waals surface area contributed by atoms with E-state index in [-0.39, 0.29) is 29.8 Å². The van der Waals surface area contributed by atoms with E-state index in [4.69, 9.17) is 4.74 Å². The van der Waals surface area contributed by atoms with Gasteiger partial charge in [0.25, 0.3) is 0 Å². The maximum atomic E-state index is 14.2. The molecule has 10 nitrogen and oxygen atoms in total. The number of carbonyl (C=O) groups is 2. The van der Waals surface area contributed by atoms with Crippen LogP contribution in [-0.2, 0) is 19.6 Å². The Hall–Kier alpha value is -2.28. The lowest BCUT2D eigenvalue weighted by Gasteiger charge is -2.41. The van der Waals surface area contributed by atoms with Crippen LogP contribution in [0.25, 0.3) is 0 Å². The molecule has 0 aromatic heterocycles. The van der Waals surface area contributed by atoms with Crippen molar-refractivity contribution in [2.24, 2.45) is 11.8 Å². The average molecular weight is 638 g/mol. The van der Waals surface area contributed by atoms with Gasteiger partial charge in [0.05, 0.1) is 19.9 Å². The highest BCUT2D eigenvalue weighted by molar-refractivity contribution is 7.88. The van der Waals surface area contributed by atoms with Gasteiger partial charge in [-0.25, -0.2) is 21.9 Å². The van der Waals surface area contributed by atoms with Crippen LogP contribution in [0, 0.1) is 17.7 Å². The average Bonchev–Trinajstić information content (AvgIpc) is 3.00. The molecule has 4 rings (SSSR count). The fraction of sp³-hybridized carbons (Fsp3) is 0.750. The van der Waals surface area contributed by atoms with E-state index >= 15 is 0 Å². The van der Waals surface area contributed by atoms with Crippen molar-refractivity contribution in [2.75, 3.05) is 85.4 Å². The smallest absolute Gasteiger partial charge is 0.409 e. The summed E-state index contributed by atoms with van der Waals surface area (Å²) in [7, 11) is -1.81. The van der Waals surface area contributed by atoms with Gasteiger partial charge >= 0.3 is 6.09 Å². The normalized spacial score (nSPS) is 21.0. The molecule has 1 aromatic carbocycles. The van der Waals surface area contributed by atoms with E-state index < -0.39 is 10.0 Å². The summed E-state index contributed by atoms with van der Waals surface area (Å²) in [5.74, 6) is 0.775. The van der Waals surface area contributed by atoms with Crippen molar-refractivity contribution in [3.63, 3.8) is 0 Å². The Morgan fingerprint density at radius 2 is 1.64 bits per heavy atom. The van der Waals surface area contributed by atoms with E-state index in [1.54, 1.807) is 21.3 Å². The Labute approximate surface area is 263 Å². The van der Waals surface area contributed by atoms with Crippen molar-refractivity contribution >= 4 is 22.0 Å². The van der Waals surface area contributed by atoms with E-state index in [0.717, 1.165) is 63.8 Å². The molecule has 0 bridgehead atoms. The molecular weight excluding hydrogens is 585 g/mol. The molecule has 0 saturated carbocycles. The minimum absolute atomic E-state index is 0.162. The van der Waals surface area contributed by atoms with Crippen molar-refractivity contribution in [2.45, 2.75) is 57.9 Å². The monoisotopic (exact) mass is 637 g/mol. The van der Waals surface area contributed by atoms with Gasteiger partial charge in [-0.15, -0.1) is 0 Å². The van der Waals surface area contributed by atoms with Gasteiger partial charge < -0.3 is 19.4 Å². The Kier molecular flexibility index (Phi) is 12.4. The van der Waals surface area contributed by atoms with Gasteiger partial charge in [0.2, 0.25) is 15.9 Å². The van der Waals surface area contributed by atoms with Crippen LogP contribution in [0.4, 0.5) is 9.18 Å². The van der Waals surface area contributed by atoms with Crippen LogP contribution in [0.2, 0.25) is 0 Å². The number of piperazine rings is 1. The van der Waals surface area contributed by atoms with Crippen molar-refractivity contribution < 1.29 is 27.1 Å². The van der Waals surface area contributed by atoms with Crippen LogP contribution in [-0.4, -0.2) is 136 Å². The number of piperidine rings is 2. The number of hydrogen-bond donors (Lipinski definition) is 0. The molecule has 0 radical (unpaired) electrons. The van der Waals surface area contributed by atoms with Crippen LogP contribution in [0.1, 0.15) is 57.4 Å². The first-order valence-corrected chi connectivity index (χ1v) is 18.1. The first kappa shape index (κ1) is 34.6. The number of rotatable bonds is 11. The topological polar surface area (TPSA) is 93.7 Å². The summed E-state index contributed by atoms with van der Waals surface area (Å²) < 4.78 is 44.7. The molecule has 2 amide bonds. The SMILES string of the molecule is COC(=O)N1CCN(CC(=O)N(CC(C)C)C2CCN(CCC(c3cccc(F)c3)C3CCN(S(C)(=O)=O)CC3)CC2)CC1. The largest absolute Gasteiger partial charge is 0.453 e. The third kappa shape index (κ3) is 9.61. The number of ether oxygens (including phenoxy) is 1. The van der Waals surface area contributed by atoms with Gasteiger partial charge in [-0.2, -0.15) is 0 Å². The van der Waals surface area contributed by atoms with Gasteiger partial charge in [-0.3, -0.25) is 9.69 Å². The summed E-state index contributed by atoms with van der Waals surface area (Å²) >= 11 is 0. The molecule has 12 heteroatoms.